The van der Waals surface area contributed by atoms with Crippen LogP contribution in [0.5, 0.6) is 0 Å². The third-order valence-corrected chi connectivity index (χ3v) is 7.31. The van der Waals surface area contributed by atoms with E-state index >= 15 is 0 Å². The van der Waals surface area contributed by atoms with Crippen molar-refractivity contribution in [2.75, 3.05) is 38.6 Å². The minimum atomic E-state index is -3.20. The van der Waals surface area contributed by atoms with Crippen LogP contribution in [-0.2, 0) is 19.6 Å². The fourth-order valence-electron chi connectivity index (χ4n) is 4.08. The molecule has 3 aliphatic rings. The Bertz CT molecular complexity index is 530. The number of hydrogen-bond acceptors (Lipinski definition) is 4. The number of sulfonamides is 1. The Labute approximate surface area is 132 Å². The Morgan fingerprint density at radius 3 is 2.64 bits per heavy atom. The van der Waals surface area contributed by atoms with E-state index in [0.717, 1.165) is 45.4 Å². The summed E-state index contributed by atoms with van der Waals surface area (Å²) in [6, 6.07) is 0.273. The maximum atomic E-state index is 13.1. The van der Waals surface area contributed by atoms with E-state index < -0.39 is 15.4 Å². The number of carbonyl (C=O) groups is 1. The van der Waals surface area contributed by atoms with Crippen LogP contribution in [-0.4, -0.2) is 68.2 Å². The fourth-order valence-corrected chi connectivity index (χ4v) is 5.26. The summed E-state index contributed by atoms with van der Waals surface area (Å²) >= 11 is 0. The molecule has 0 aromatic heterocycles. The van der Waals surface area contributed by atoms with Crippen LogP contribution in [0.2, 0.25) is 0 Å². The summed E-state index contributed by atoms with van der Waals surface area (Å²) in [5.41, 5.74) is -0.473. The summed E-state index contributed by atoms with van der Waals surface area (Å²) in [5, 5.41) is 0. The Morgan fingerprint density at radius 1 is 1.23 bits per heavy atom. The number of rotatable bonds is 3. The molecule has 0 radical (unpaired) electrons. The van der Waals surface area contributed by atoms with Crippen molar-refractivity contribution in [3.05, 3.63) is 0 Å². The first kappa shape index (κ1) is 16.2. The second-order valence-electron chi connectivity index (χ2n) is 6.71. The maximum absolute atomic E-state index is 13.1. The summed E-state index contributed by atoms with van der Waals surface area (Å²) in [6.45, 7) is 4.78. The highest BCUT2D eigenvalue weighted by atomic mass is 32.2. The van der Waals surface area contributed by atoms with Gasteiger partial charge in [-0.25, -0.2) is 12.7 Å². The summed E-state index contributed by atoms with van der Waals surface area (Å²) in [7, 11) is -3.20. The molecule has 0 aromatic rings. The quantitative estimate of drug-likeness (QED) is 0.769. The molecule has 1 spiro atoms. The Morgan fingerprint density at radius 2 is 1.95 bits per heavy atom. The van der Waals surface area contributed by atoms with E-state index in [2.05, 4.69) is 0 Å². The van der Waals surface area contributed by atoms with Crippen molar-refractivity contribution in [3.63, 3.8) is 0 Å². The van der Waals surface area contributed by atoms with Gasteiger partial charge in [-0.3, -0.25) is 4.79 Å². The number of ether oxygens (including phenoxy) is 1. The highest BCUT2D eigenvalue weighted by Crippen LogP contribution is 2.42. The van der Waals surface area contributed by atoms with Gasteiger partial charge in [-0.2, -0.15) is 0 Å². The van der Waals surface area contributed by atoms with Gasteiger partial charge in [-0.05, 0) is 39.0 Å². The average molecular weight is 330 g/mol. The largest absolute Gasteiger partial charge is 0.381 e. The molecule has 3 saturated heterocycles. The van der Waals surface area contributed by atoms with Gasteiger partial charge in [0, 0.05) is 38.9 Å². The highest BCUT2D eigenvalue weighted by Gasteiger charge is 2.51. The van der Waals surface area contributed by atoms with Crippen LogP contribution in [0.3, 0.4) is 0 Å². The topological polar surface area (TPSA) is 66.9 Å². The van der Waals surface area contributed by atoms with Gasteiger partial charge in [0.2, 0.25) is 15.9 Å². The third-order valence-electron chi connectivity index (χ3n) is 5.48. The predicted molar refractivity (Wildman–Crippen MR) is 82.9 cm³/mol. The van der Waals surface area contributed by atoms with Crippen molar-refractivity contribution >= 4 is 15.9 Å². The minimum Gasteiger partial charge on any atom is -0.381 e. The van der Waals surface area contributed by atoms with Gasteiger partial charge < -0.3 is 9.64 Å². The van der Waals surface area contributed by atoms with E-state index in [0.29, 0.717) is 19.5 Å². The number of likely N-dealkylation sites (tertiary alicyclic amines) is 1. The molecule has 22 heavy (non-hydrogen) atoms. The first-order valence-electron chi connectivity index (χ1n) is 8.35. The molecule has 0 aliphatic carbocycles. The summed E-state index contributed by atoms with van der Waals surface area (Å²) in [6.07, 6.45) is 4.27. The number of carbonyl (C=O) groups excluding carboxylic acids is 1. The van der Waals surface area contributed by atoms with Crippen LogP contribution in [0.4, 0.5) is 0 Å². The minimum absolute atomic E-state index is 0.112. The molecule has 0 unspecified atom stereocenters. The van der Waals surface area contributed by atoms with Crippen molar-refractivity contribution in [3.8, 4) is 0 Å². The monoisotopic (exact) mass is 330 g/mol. The van der Waals surface area contributed by atoms with E-state index in [-0.39, 0.29) is 17.7 Å². The van der Waals surface area contributed by atoms with E-state index in [4.69, 9.17) is 4.74 Å². The normalized spacial score (nSPS) is 32.0. The van der Waals surface area contributed by atoms with Crippen LogP contribution in [0.25, 0.3) is 0 Å². The van der Waals surface area contributed by atoms with Crippen molar-refractivity contribution in [1.29, 1.82) is 0 Å². The smallest absolute Gasteiger partial charge is 0.230 e. The van der Waals surface area contributed by atoms with Crippen LogP contribution >= 0.6 is 0 Å². The second kappa shape index (κ2) is 6.09. The van der Waals surface area contributed by atoms with Gasteiger partial charge >= 0.3 is 0 Å². The molecule has 0 aromatic carbocycles. The fraction of sp³-hybridized carbons (Fsp3) is 0.933. The predicted octanol–water partition coefficient (Wildman–Crippen LogP) is 0.830. The zero-order valence-electron chi connectivity index (χ0n) is 13.3. The maximum Gasteiger partial charge on any atom is 0.230 e. The standard InChI is InChI=1S/C15H26N2O4S/c1-2-22(19,20)16-9-7-15(12-16)6-3-8-17(14(15)18)13-4-10-21-11-5-13/h13H,2-12H2,1H3/t15-/m0/s1. The van der Waals surface area contributed by atoms with E-state index in [9.17, 15) is 13.2 Å². The summed E-state index contributed by atoms with van der Waals surface area (Å²) in [4.78, 5) is 15.1. The zero-order chi connectivity index (χ0) is 15.8. The van der Waals surface area contributed by atoms with Crippen LogP contribution in [0, 0.1) is 5.41 Å². The lowest BCUT2D eigenvalue weighted by atomic mass is 9.77. The lowest BCUT2D eigenvalue weighted by Gasteiger charge is -2.44. The molecule has 7 heteroatoms. The van der Waals surface area contributed by atoms with Crippen LogP contribution in [0.1, 0.15) is 39.0 Å². The lowest BCUT2D eigenvalue weighted by Crippen LogP contribution is -2.55. The molecule has 126 valence electrons. The molecule has 1 atom stereocenters. The molecular formula is C15H26N2O4S. The number of amides is 1. The summed E-state index contributed by atoms with van der Waals surface area (Å²) < 4.78 is 31.1. The summed E-state index contributed by atoms with van der Waals surface area (Å²) in [5.74, 6) is 0.292. The van der Waals surface area contributed by atoms with Gasteiger partial charge in [-0.1, -0.05) is 0 Å². The van der Waals surface area contributed by atoms with Crippen molar-refractivity contribution in [2.24, 2.45) is 5.41 Å². The van der Waals surface area contributed by atoms with Crippen molar-refractivity contribution in [1.82, 2.24) is 9.21 Å². The zero-order valence-corrected chi connectivity index (χ0v) is 14.1. The lowest BCUT2D eigenvalue weighted by molar-refractivity contribution is -0.150. The SMILES string of the molecule is CCS(=O)(=O)N1CC[C@@]2(CCCN(C3CCOCC3)C2=O)C1. The van der Waals surface area contributed by atoms with Crippen LogP contribution < -0.4 is 0 Å². The first-order chi connectivity index (χ1) is 10.5. The Kier molecular flexibility index (Phi) is 4.49. The van der Waals surface area contributed by atoms with E-state index in [1.165, 1.54) is 4.31 Å². The Hall–Kier alpha value is -0.660. The number of nitrogens with zero attached hydrogens (tertiary/aromatic N) is 2. The third kappa shape index (κ3) is 2.78. The number of piperidine rings is 1. The number of hydrogen-bond donors (Lipinski definition) is 0. The van der Waals surface area contributed by atoms with Gasteiger partial charge in [0.05, 0.1) is 11.2 Å². The van der Waals surface area contributed by atoms with Gasteiger partial charge in [0.25, 0.3) is 0 Å². The first-order valence-corrected chi connectivity index (χ1v) is 9.96. The molecule has 3 heterocycles. The Balaban J connectivity index is 1.75. The van der Waals surface area contributed by atoms with E-state index in [1.807, 2.05) is 4.90 Å². The molecule has 1 amide bonds. The van der Waals surface area contributed by atoms with Gasteiger partial charge in [0.15, 0.2) is 0 Å². The second-order valence-corrected chi connectivity index (χ2v) is 8.97. The molecule has 3 aliphatic heterocycles. The molecule has 0 N–H and O–H groups in total. The molecular weight excluding hydrogens is 304 g/mol. The molecule has 3 fully saturated rings. The van der Waals surface area contributed by atoms with Gasteiger partial charge in [-0.15, -0.1) is 0 Å². The molecule has 0 bridgehead atoms. The van der Waals surface area contributed by atoms with Crippen molar-refractivity contribution < 1.29 is 17.9 Å². The van der Waals surface area contributed by atoms with E-state index in [1.54, 1.807) is 6.92 Å². The average Bonchev–Trinajstić information content (AvgIpc) is 2.97. The highest BCUT2D eigenvalue weighted by molar-refractivity contribution is 7.89. The van der Waals surface area contributed by atoms with Crippen molar-refractivity contribution in [2.45, 2.75) is 45.1 Å². The van der Waals surface area contributed by atoms with Gasteiger partial charge in [0.1, 0.15) is 0 Å². The molecule has 3 rings (SSSR count). The molecule has 6 nitrogen and oxygen atoms in total. The van der Waals surface area contributed by atoms with Crippen LogP contribution in [0.15, 0.2) is 0 Å². The molecule has 0 saturated carbocycles.